The first-order chi connectivity index (χ1) is 7.00. The van der Waals surface area contributed by atoms with Gasteiger partial charge >= 0.3 is 5.97 Å². The van der Waals surface area contributed by atoms with Crippen LogP contribution in [0.25, 0.3) is 0 Å². The monoisotopic (exact) mass is 229 g/mol. The van der Waals surface area contributed by atoms with Crippen molar-refractivity contribution in [2.75, 3.05) is 0 Å². The Balaban J connectivity index is 2.69. The predicted molar refractivity (Wildman–Crippen MR) is 51.6 cm³/mol. The maximum absolute atomic E-state index is 11.4. The van der Waals surface area contributed by atoms with E-state index in [-0.39, 0.29) is 10.8 Å². The lowest BCUT2D eigenvalue weighted by Crippen LogP contribution is -2.38. The lowest BCUT2D eigenvalue weighted by Gasteiger charge is -2.07. The van der Waals surface area contributed by atoms with Crippen LogP contribution in [0.2, 0.25) is 5.15 Å². The van der Waals surface area contributed by atoms with E-state index in [0.717, 1.165) is 0 Å². The van der Waals surface area contributed by atoms with Crippen molar-refractivity contribution in [1.29, 1.82) is 0 Å². The van der Waals surface area contributed by atoms with Crippen LogP contribution in [0.5, 0.6) is 0 Å². The molecule has 1 aromatic heterocycles. The highest BCUT2D eigenvalue weighted by Gasteiger charge is 2.16. The molecular weight excluding hydrogens is 222 g/mol. The third-order valence-electron chi connectivity index (χ3n) is 1.57. The number of nitrogens with one attached hydrogen (secondary N) is 1. The van der Waals surface area contributed by atoms with Gasteiger partial charge in [0.05, 0.1) is 12.4 Å². The summed E-state index contributed by atoms with van der Waals surface area (Å²) in [7, 11) is 0. The number of carbonyl (C=O) groups excluding carboxylic acids is 1. The molecule has 0 bridgehead atoms. The molecule has 0 saturated heterocycles. The maximum atomic E-state index is 11.4. The smallest absolute Gasteiger partial charge is 0.325 e. The van der Waals surface area contributed by atoms with Crippen molar-refractivity contribution in [2.24, 2.45) is 0 Å². The van der Waals surface area contributed by atoms with Crippen LogP contribution in [0.4, 0.5) is 0 Å². The molecule has 0 unspecified atom stereocenters. The number of carboxylic acids is 1. The van der Waals surface area contributed by atoms with Crippen LogP contribution in [0.3, 0.4) is 0 Å². The average Bonchev–Trinajstić information content (AvgIpc) is 2.18. The van der Waals surface area contributed by atoms with Crippen molar-refractivity contribution in [2.45, 2.75) is 13.0 Å². The molecule has 7 heteroatoms. The summed E-state index contributed by atoms with van der Waals surface area (Å²) in [6.07, 6.45) is 2.38. The van der Waals surface area contributed by atoms with Gasteiger partial charge in [-0.05, 0) is 6.92 Å². The minimum atomic E-state index is -1.12. The third kappa shape index (κ3) is 3.17. The maximum Gasteiger partial charge on any atom is 0.325 e. The number of amides is 1. The number of rotatable bonds is 3. The highest BCUT2D eigenvalue weighted by atomic mass is 35.5. The second-order valence-electron chi connectivity index (χ2n) is 2.76. The summed E-state index contributed by atoms with van der Waals surface area (Å²) < 4.78 is 0. The van der Waals surface area contributed by atoms with E-state index >= 15 is 0 Å². The lowest BCUT2D eigenvalue weighted by molar-refractivity contribution is -0.138. The van der Waals surface area contributed by atoms with Crippen LogP contribution in [0.1, 0.15) is 17.4 Å². The fraction of sp³-hybridized carbons (Fsp3) is 0.250. The zero-order valence-electron chi connectivity index (χ0n) is 7.77. The summed E-state index contributed by atoms with van der Waals surface area (Å²) in [6, 6.07) is -0.977. The summed E-state index contributed by atoms with van der Waals surface area (Å²) in [5.41, 5.74) is 0.0208. The molecule has 1 atom stereocenters. The van der Waals surface area contributed by atoms with Crippen LogP contribution in [-0.4, -0.2) is 33.0 Å². The zero-order chi connectivity index (χ0) is 11.4. The van der Waals surface area contributed by atoms with Crippen LogP contribution in [0, 0.1) is 0 Å². The highest BCUT2D eigenvalue weighted by Crippen LogP contribution is 2.01. The van der Waals surface area contributed by atoms with Gasteiger partial charge in [-0.15, -0.1) is 0 Å². The highest BCUT2D eigenvalue weighted by molar-refractivity contribution is 6.29. The standard InChI is InChI=1S/C8H8ClN3O3/c1-4(8(14)15)12-7(13)5-2-11-6(9)3-10-5/h2-4H,1H3,(H,12,13)(H,14,15)/t4-/m1/s1. The Bertz CT molecular complexity index is 379. The Hall–Kier alpha value is -1.69. The fourth-order valence-electron chi connectivity index (χ4n) is 0.762. The summed E-state index contributed by atoms with van der Waals surface area (Å²) in [5.74, 6) is -1.72. The van der Waals surface area contributed by atoms with Gasteiger partial charge in [-0.2, -0.15) is 0 Å². The fourth-order valence-corrected chi connectivity index (χ4v) is 0.859. The molecular formula is C8H8ClN3O3. The van der Waals surface area contributed by atoms with Crippen LogP contribution < -0.4 is 5.32 Å². The van der Waals surface area contributed by atoms with Crippen LogP contribution >= 0.6 is 11.6 Å². The summed E-state index contributed by atoms with van der Waals surface area (Å²) in [4.78, 5) is 29.1. The quantitative estimate of drug-likeness (QED) is 0.779. The second kappa shape index (κ2) is 4.70. The molecule has 15 heavy (non-hydrogen) atoms. The molecule has 0 radical (unpaired) electrons. The molecule has 0 spiro atoms. The number of carboxylic acid groups (broad SMARTS) is 1. The first kappa shape index (κ1) is 11.4. The molecule has 0 saturated carbocycles. The molecule has 0 aliphatic carbocycles. The summed E-state index contributed by atoms with van der Waals surface area (Å²) in [6.45, 7) is 1.35. The number of hydrogen-bond donors (Lipinski definition) is 2. The molecule has 6 nitrogen and oxygen atoms in total. The Labute approximate surface area is 90.3 Å². The molecule has 0 aliphatic rings. The van der Waals surface area contributed by atoms with Crippen molar-refractivity contribution in [3.63, 3.8) is 0 Å². The van der Waals surface area contributed by atoms with Gasteiger partial charge in [-0.1, -0.05) is 11.6 Å². The van der Waals surface area contributed by atoms with Gasteiger partial charge in [0.1, 0.15) is 16.9 Å². The van der Waals surface area contributed by atoms with Crippen molar-refractivity contribution in [3.8, 4) is 0 Å². The third-order valence-corrected chi connectivity index (χ3v) is 1.77. The Morgan fingerprint density at radius 2 is 2.13 bits per heavy atom. The molecule has 1 heterocycles. The number of halogens is 1. The second-order valence-corrected chi connectivity index (χ2v) is 3.14. The van der Waals surface area contributed by atoms with Gasteiger partial charge in [0, 0.05) is 0 Å². The Morgan fingerprint density at radius 3 is 2.60 bits per heavy atom. The number of carbonyl (C=O) groups is 2. The van der Waals surface area contributed by atoms with E-state index in [1.807, 2.05) is 0 Å². The number of nitrogens with zero attached hydrogens (tertiary/aromatic N) is 2. The van der Waals surface area contributed by atoms with E-state index in [1.54, 1.807) is 0 Å². The molecule has 0 fully saturated rings. The van der Waals surface area contributed by atoms with E-state index in [4.69, 9.17) is 16.7 Å². The molecule has 0 aliphatic heterocycles. The predicted octanol–water partition coefficient (Wildman–Crippen LogP) is 0.333. The SMILES string of the molecule is C[C@@H](NC(=O)c1cnc(Cl)cn1)C(=O)O. The number of aliphatic carboxylic acids is 1. The number of aromatic nitrogens is 2. The minimum absolute atomic E-state index is 0.0208. The van der Waals surface area contributed by atoms with E-state index in [1.165, 1.54) is 19.3 Å². The first-order valence-electron chi connectivity index (χ1n) is 4.02. The Morgan fingerprint density at radius 1 is 1.47 bits per heavy atom. The molecule has 1 amide bonds. The zero-order valence-corrected chi connectivity index (χ0v) is 8.52. The van der Waals surface area contributed by atoms with Crippen molar-refractivity contribution in [3.05, 3.63) is 23.2 Å². The molecule has 1 rings (SSSR count). The van der Waals surface area contributed by atoms with E-state index in [0.29, 0.717) is 0 Å². The molecule has 2 N–H and O–H groups in total. The molecule has 0 aromatic carbocycles. The minimum Gasteiger partial charge on any atom is -0.480 e. The van der Waals surface area contributed by atoms with Gasteiger partial charge < -0.3 is 10.4 Å². The summed E-state index contributed by atoms with van der Waals surface area (Å²) in [5, 5.41) is 10.9. The van der Waals surface area contributed by atoms with Gasteiger partial charge in [-0.25, -0.2) is 9.97 Å². The van der Waals surface area contributed by atoms with E-state index < -0.39 is 17.9 Å². The summed E-state index contributed by atoms with van der Waals surface area (Å²) >= 11 is 5.47. The van der Waals surface area contributed by atoms with Crippen molar-refractivity contribution >= 4 is 23.5 Å². The Kier molecular flexibility index (Phi) is 3.56. The topological polar surface area (TPSA) is 92.2 Å². The van der Waals surface area contributed by atoms with Gasteiger partial charge in [0.15, 0.2) is 0 Å². The van der Waals surface area contributed by atoms with Crippen LogP contribution in [0.15, 0.2) is 12.4 Å². The largest absolute Gasteiger partial charge is 0.480 e. The van der Waals surface area contributed by atoms with Crippen LogP contribution in [-0.2, 0) is 4.79 Å². The lowest BCUT2D eigenvalue weighted by atomic mass is 10.3. The first-order valence-corrected chi connectivity index (χ1v) is 4.39. The average molecular weight is 230 g/mol. The van der Waals surface area contributed by atoms with Crippen molar-refractivity contribution in [1.82, 2.24) is 15.3 Å². The van der Waals surface area contributed by atoms with Gasteiger partial charge in [0.25, 0.3) is 5.91 Å². The van der Waals surface area contributed by atoms with E-state index in [9.17, 15) is 9.59 Å². The number of hydrogen-bond acceptors (Lipinski definition) is 4. The molecule has 1 aromatic rings. The molecule has 80 valence electrons. The van der Waals surface area contributed by atoms with Gasteiger partial charge in [0.2, 0.25) is 0 Å². The van der Waals surface area contributed by atoms with Crippen molar-refractivity contribution < 1.29 is 14.7 Å². The van der Waals surface area contributed by atoms with E-state index in [2.05, 4.69) is 15.3 Å². The van der Waals surface area contributed by atoms with Gasteiger partial charge in [-0.3, -0.25) is 9.59 Å². The normalized spacial score (nSPS) is 11.9.